The number of carbonyl (C=O) groups is 3. The van der Waals surface area contributed by atoms with Crippen molar-refractivity contribution in [1.29, 1.82) is 0 Å². The Morgan fingerprint density at radius 1 is 1.17 bits per heavy atom. The van der Waals surface area contributed by atoms with E-state index in [1.54, 1.807) is 11.9 Å². The first kappa shape index (κ1) is 28.1. The summed E-state index contributed by atoms with van der Waals surface area (Å²) < 4.78 is 12.7. The number of amides is 3. The average molecular weight is 583 g/mol. The molecule has 2 unspecified atom stereocenters. The Bertz CT molecular complexity index is 1440. The van der Waals surface area contributed by atoms with Crippen molar-refractivity contribution in [3.05, 3.63) is 12.2 Å². The third-order valence-corrected chi connectivity index (χ3v) is 8.27. The van der Waals surface area contributed by atoms with Crippen LogP contribution in [0.5, 0.6) is 0 Å². The van der Waals surface area contributed by atoms with Gasteiger partial charge in [0, 0.05) is 45.4 Å². The molecule has 15 heteroatoms. The van der Waals surface area contributed by atoms with Crippen LogP contribution < -0.4 is 11.1 Å². The molecular weight excluding hydrogens is 548 g/mol. The molecule has 15 nitrogen and oxygen atoms in total. The van der Waals surface area contributed by atoms with Crippen LogP contribution in [-0.2, 0) is 19.1 Å². The molecule has 3 saturated heterocycles. The molecule has 0 bridgehead atoms. The summed E-state index contributed by atoms with van der Waals surface area (Å²) in [7, 11) is 1.64. The standard InChI is InChI=1S/C27H34N8O7/c1-33-17(36)7-8-18(33)41-27(40)34-11-9-14(10-12-34)3-2-4-16-31-23(28)19-24(32-16)35(13-29-19)26-21(38)20(37)22(42-26)25(39)30-15-5-6-15/h13-15,18,20-22,26,37-38H,3,5-12H2,1H3,(H,30,39)(H2,28,31,32)/t18?,20-,21?,22+,26-/m1/s1. The number of nitrogen functional groups attached to an aromatic ring is 1. The fraction of sp³-hybridized carbons (Fsp3) is 0.630. The smallest absolute Gasteiger partial charge is 0.411 e. The Morgan fingerprint density at radius 2 is 1.93 bits per heavy atom. The summed E-state index contributed by atoms with van der Waals surface area (Å²) >= 11 is 0. The lowest BCUT2D eigenvalue weighted by Crippen LogP contribution is -2.43. The molecule has 5 heterocycles. The number of aromatic nitrogens is 4. The van der Waals surface area contributed by atoms with Gasteiger partial charge in [-0.1, -0.05) is 5.92 Å². The number of ether oxygens (including phenoxy) is 2. The third kappa shape index (κ3) is 5.57. The van der Waals surface area contributed by atoms with Crippen LogP contribution in [-0.4, -0.2) is 108 Å². The number of hydrogen-bond donors (Lipinski definition) is 4. The number of likely N-dealkylation sites (tertiary alicyclic amines) is 2. The van der Waals surface area contributed by atoms with Crippen molar-refractivity contribution in [3.8, 4) is 11.8 Å². The number of nitrogens with two attached hydrogens (primary N) is 1. The molecule has 4 fully saturated rings. The van der Waals surface area contributed by atoms with Gasteiger partial charge in [0.2, 0.25) is 11.7 Å². The van der Waals surface area contributed by atoms with Gasteiger partial charge in [0.25, 0.3) is 5.91 Å². The van der Waals surface area contributed by atoms with Crippen LogP contribution in [0, 0.1) is 17.8 Å². The molecule has 0 aromatic carbocycles. The van der Waals surface area contributed by atoms with E-state index >= 15 is 0 Å². The van der Waals surface area contributed by atoms with Gasteiger partial charge in [-0.25, -0.2) is 19.7 Å². The molecule has 2 aromatic heterocycles. The molecule has 224 valence electrons. The van der Waals surface area contributed by atoms with E-state index in [0.29, 0.717) is 32.4 Å². The minimum Gasteiger partial charge on any atom is -0.425 e. The molecule has 1 aliphatic carbocycles. The van der Waals surface area contributed by atoms with Crippen molar-refractivity contribution >= 4 is 34.9 Å². The Morgan fingerprint density at radius 3 is 2.62 bits per heavy atom. The molecule has 0 spiro atoms. The fourth-order valence-electron chi connectivity index (χ4n) is 5.50. The molecule has 4 aliphatic rings. The van der Waals surface area contributed by atoms with Crippen molar-refractivity contribution in [3.63, 3.8) is 0 Å². The molecule has 42 heavy (non-hydrogen) atoms. The Balaban J connectivity index is 1.07. The zero-order valence-corrected chi connectivity index (χ0v) is 23.2. The van der Waals surface area contributed by atoms with E-state index in [0.717, 1.165) is 25.7 Å². The monoisotopic (exact) mass is 582 g/mol. The number of fused-ring (bicyclic) bond motifs is 1. The topological polar surface area (TPSA) is 198 Å². The van der Waals surface area contributed by atoms with Crippen LogP contribution in [0.3, 0.4) is 0 Å². The molecule has 3 aliphatic heterocycles. The maximum Gasteiger partial charge on any atom is 0.411 e. The first-order chi connectivity index (χ1) is 20.2. The molecule has 1 saturated carbocycles. The second-order valence-electron chi connectivity index (χ2n) is 11.3. The largest absolute Gasteiger partial charge is 0.425 e. The van der Waals surface area contributed by atoms with Gasteiger partial charge >= 0.3 is 6.09 Å². The van der Waals surface area contributed by atoms with E-state index in [1.165, 1.54) is 15.8 Å². The molecular formula is C27H34N8O7. The quantitative estimate of drug-likeness (QED) is 0.331. The maximum atomic E-state index is 12.5. The van der Waals surface area contributed by atoms with E-state index < -0.39 is 42.8 Å². The highest BCUT2D eigenvalue weighted by molar-refractivity contribution is 5.83. The highest BCUT2D eigenvalue weighted by Gasteiger charge is 2.48. The summed E-state index contributed by atoms with van der Waals surface area (Å²) in [5.74, 6) is 6.08. The number of aliphatic hydroxyl groups is 2. The first-order valence-corrected chi connectivity index (χ1v) is 14.2. The van der Waals surface area contributed by atoms with Crippen molar-refractivity contribution in [2.24, 2.45) is 5.92 Å². The molecule has 3 amide bonds. The lowest BCUT2D eigenvalue weighted by Gasteiger charge is -2.32. The number of carbonyl (C=O) groups excluding carboxylic acids is 3. The second kappa shape index (κ2) is 11.3. The van der Waals surface area contributed by atoms with Crippen LogP contribution in [0.1, 0.15) is 57.0 Å². The highest BCUT2D eigenvalue weighted by Crippen LogP contribution is 2.33. The van der Waals surface area contributed by atoms with Gasteiger partial charge < -0.3 is 40.5 Å². The maximum absolute atomic E-state index is 12.5. The van der Waals surface area contributed by atoms with Gasteiger partial charge in [-0.3, -0.25) is 14.2 Å². The minimum atomic E-state index is -1.42. The van der Waals surface area contributed by atoms with Gasteiger partial charge in [-0.05, 0) is 37.5 Å². The number of piperidine rings is 1. The Labute approximate surface area is 241 Å². The summed E-state index contributed by atoms with van der Waals surface area (Å²) in [6.45, 7) is 1.08. The Hall–Kier alpha value is -4.00. The van der Waals surface area contributed by atoms with Crippen LogP contribution in [0.4, 0.5) is 10.6 Å². The van der Waals surface area contributed by atoms with Crippen LogP contribution in [0.15, 0.2) is 6.33 Å². The summed E-state index contributed by atoms with van der Waals surface area (Å²) in [4.78, 5) is 52.8. The van der Waals surface area contributed by atoms with Crippen molar-refractivity contribution < 1.29 is 34.1 Å². The zero-order chi connectivity index (χ0) is 29.5. The summed E-state index contributed by atoms with van der Waals surface area (Å²) in [5, 5.41) is 23.9. The van der Waals surface area contributed by atoms with Gasteiger partial charge in [-0.15, -0.1) is 0 Å². The predicted molar refractivity (Wildman–Crippen MR) is 145 cm³/mol. The van der Waals surface area contributed by atoms with Crippen molar-refractivity contribution in [2.45, 2.75) is 81.8 Å². The third-order valence-electron chi connectivity index (χ3n) is 8.27. The van der Waals surface area contributed by atoms with Crippen molar-refractivity contribution in [2.75, 3.05) is 25.9 Å². The van der Waals surface area contributed by atoms with E-state index in [1.807, 2.05) is 0 Å². The lowest BCUT2D eigenvalue weighted by atomic mass is 9.94. The van der Waals surface area contributed by atoms with Gasteiger partial charge in [0.15, 0.2) is 30.0 Å². The fourth-order valence-corrected chi connectivity index (χ4v) is 5.50. The van der Waals surface area contributed by atoms with E-state index in [-0.39, 0.29) is 40.7 Å². The number of anilines is 1. The number of hydrogen-bond acceptors (Lipinski definition) is 11. The molecule has 0 radical (unpaired) electrons. The minimum absolute atomic E-state index is 0.0236. The van der Waals surface area contributed by atoms with Gasteiger partial charge in [-0.2, -0.15) is 0 Å². The average Bonchev–Trinajstić information content (AvgIpc) is 3.50. The number of nitrogens with one attached hydrogen (secondary N) is 1. The van der Waals surface area contributed by atoms with Crippen LogP contribution >= 0.6 is 0 Å². The summed E-state index contributed by atoms with van der Waals surface area (Å²) in [5.41, 5.74) is 6.66. The van der Waals surface area contributed by atoms with Crippen LogP contribution in [0.25, 0.3) is 11.2 Å². The lowest BCUT2D eigenvalue weighted by molar-refractivity contribution is -0.137. The van der Waals surface area contributed by atoms with Gasteiger partial charge in [0.1, 0.15) is 17.7 Å². The molecule has 5 N–H and O–H groups in total. The van der Waals surface area contributed by atoms with E-state index in [9.17, 15) is 24.6 Å². The predicted octanol–water partition coefficient (Wildman–Crippen LogP) is -0.525. The number of imidazole rings is 1. The molecule has 6 rings (SSSR count). The summed E-state index contributed by atoms with van der Waals surface area (Å²) in [6, 6.07) is 0.0771. The first-order valence-electron chi connectivity index (χ1n) is 14.2. The van der Waals surface area contributed by atoms with Crippen molar-refractivity contribution in [1.82, 2.24) is 34.6 Å². The number of aliphatic hydroxyl groups excluding tert-OH is 2. The Kier molecular flexibility index (Phi) is 7.60. The second-order valence-corrected chi connectivity index (χ2v) is 11.3. The van der Waals surface area contributed by atoms with E-state index in [4.69, 9.17) is 15.2 Å². The van der Waals surface area contributed by atoms with Crippen LogP contribution in [0.2, 0.25) is 0 Å². The SMILES string of the molecule is CN1C(=O)CCC1OC(=O)N1CCC(CC#Cc2nc(N)c3ncn([C@@H]4O[C@H](C(=O)NC5CC5)[C@H](O)C4O)c3n2)CC1. The molecule has 5 atom stereocenters. The number of nitrogens with zero attached hydrogens (tertiary/aromatic N) is 6. The highest BCUT2D eigenvalue weighted by atomic mass is 16.6. The molecule has 2 aromatic rings. The van der Waals surface area contributed by atoms with E-state index in [2.05, 4.69) is 32.1 Å². The number of rotatable bonds is 5. The van der Waals surface area contributed by atoms with Gasteiger partial charge in [0.05, 0.1) is 6.33 Å². The summed E-state index contributed by atoms with van der Waals surface area (Å²) in [6.07, 6.45) is 0.0390. The normalized spacial score (nSPS) is 28.2. The zero-order valence-electron chi connectivity index (χ0n) is 23.2.